The van der Waals surface area contributed by atoms with Crippen LogP contribution in [0.5, 0.6) is 0 Å². The van der Waals surface area contributed by atoms with E-state index in [2.05, 4.69) is 36.7 Å². The molecule has 1 heterocycles. The summed E-state index contributed by atoms with van der Waals surface area (Å²) in [5, 5.41) is 1.46. The molecule has 0 radical (unpaired) electrons. The van der Waals surface area contributed by atoms with Gasteiger partial charge in [0, 0.05) is 18.1 Å². The number of aryl methyl sites for hydroxylation is 2. The third-order valence-corrected chi connectivity index (χ3v) is 4.53. The van der Waals surface area contributed by atoms with Gasteiger partial charge in [0.15, 0.2) is 0 Å². The minimum Gasteiger partial charge on any atom is -0.347 e. The van der Waals surface area contributed by atoms with E-state index in [-0.39, 0.29) is 0 Å². The first-order valence-corrected chi connectivity index (χ1v) is 7.04. The van der Waals surface area contributed by atoms with Gasteiger partial charge in [0.25, 0.3) is 0 Å². The van der Waals surface area contributed by atoms with E-state index in [0.29, 0.717) is 5.92 Å². The van der Waals surface area contributed by atoms with Crippen molar-refractivity contribution in [3.05, 3.63) is 35.0 Å². The van der Waals surface area contributed by atoms with Crippen LogP contribution in [0.4, 0.5) is 0 Å². The van der Waals surface area contributed by atoms with Gasteiger partial charge in [0.2, 0.25) is 0 Å². The fraction of sp³-hybridized carbons (Fsp3) is 0.500. The van der Waals surface area contributed by atoms with Crippen LogP contribution in [0.3, 0.4) is 0 Å². The maximum atomic E-state index is 5.86. The summed E-state index contributed by atoms with van der Waals surface area (Å²) in [6.07, 6.45) is 4.70. The highest BCUT2D eigenvalue weighted by molar-refractivity contribution is 5.88. The van der Waals surface area contributed by atoms with Gasteiger partial charge in [-0.05, 0) is 49.3 Å². The predicted octanol–water partition coefficient (Wildman–Crippen LogP) is 2.80. The second kappa shape index (κ2) is 4.43. The third-order valence-electron chi connectivity index (χ3n) is 4.53. The molecule has 0 saturated carbocycles. The molecule has 1 aromatic carbocycles. The van der Waals surface area contributed by atoms with Crippen molar-refractivity contribution in [1.29, 1.82) is 0 Å². The molecule has 18 heavy (non-hydrogen) atoms. The average Bonchev–Trinajstić information content (AvgIpc) is 2.72. The number of para-hydroxylation sites is 1. The van der Waals surface area contributed by atoms with Crippen molar-refractivity contribution in [2.45, 2.75) is 32.6 Å². The molecule has 2 aromatic rings. The molecular formula is C16H22N2. The van der Waals surface area contributed by atoms with E-state index >= 15 is 0 Å². The van der Waals surface area contributed by atoms with Crippen molar-refractivity contribution in [3.8, 4) is 0 Å². The van der Waals surface area contributed by atoms with Gasteiger partial charge in [-0.3, -0.25) is 0 Å². The number of nitrogens with two attached hydrogens (primary N) is 1. The zero-order valence-electron chi connectivity index (χ0n) is 11.4. The van der Waals surface area contributed by atoms with E-state index in [1.165, 1.54) is 35.0 Å². The van der Waals surface area contributed by atoms with Crippen LogP contribution in [-0.4, -0.2) is 11.1 Å². The van der Waals surface area contributed by atoms with Gasteiger partial charge in [0.1, 0.15) is 0 Å². The first-order chi connectivity index (χ1) is 8.76. The van der Waals surface area contributed by atoms with Crippen LogP contribution in [0, 0.1) is 5.92 Å². The lowest BCUT2D eigenvalue weighted by molar-refractivity contribution is 0.462. The van der Waals surface area contributed by atoms with Crippen molar-refractivity contribution >= 4 is 10.9 Å². The number of benzene rings is 1. The highest BCUT2D eigenvalue weighted by Crippen LogP contribution is 2.34. The van der Waals surface area contributed by atoms with Gasteiger partial charge in [-0.25, -0.2) is 0 Å². The Kier molecular flexibility index (Phi) is 2.90. The number of hydrogen-bond donors (Lipinski definition) is 1. The van der Waals surface area contributed by atoms with Gasteiger partial charge in [-0.1, -0.05) is 25.1 Å². The molecule has 0 saturated heterocycles. The van der Waals surface area contributed by atoms with E-state index < -0.39 is 0 Å². The van der Waals surface area contributed by atoms with Crippen LogP contribution >= 0.6 is 0 Å². The van der Waals surface area contributed by atoms with E-state index in [1.54, 1.807) is 5.56 Å². The smallest absolute Gasteiger partial charge is 0.0515 e. The summed E-state index contributed by atoms with van der Waals surface area (Å²) < 4.78 is 2.43. The fourth-order valence-corrected chi connectivity index (χ4v) is 3.49. The Morgan fingerprint density at radius 1 is 1.39 bits per heavy atom. The highest BCUT2D eigenvalue weighted by atomic mass is 15.0. The summed E-state index contributed by atoms with van der Waals surface area (Å²) >= 11 is 0. The molecule has 1 aliphatic rings. The van der Waals surface area contributed by atoms with Crippen molar-refractivity contribution < 1.29 is 0 Å². The van der Waals surface area contributed by atoms with Crippen LogP contribution in [0.15, 0.2) is 18.2 Å². The molecule has 3 rings (SSSR count). The molecule has 0 aliphatic heterocycles. The summed E-state index contributed by atoms with van der Waals surface area (Å²) in [5.41, 5.74) is 11.9. The molecule has 1 unspecified atom stereocenters. The van der Waals surface area contributed by atoms with Crippen LogP contribution < -0.4 is 5.73 Å². The number of hydrogen-bond acceptors (Lipinski definition) is 1. The van der Waals surface area contributed by atoms with Gasteiger partial charge in [-0.15, -0.1) is 0 Å². The van der Waals surface area contributed by atoms with E-state index in [0.717, 1.165) is 19.4 Å². The largest absolute Gasteiger partial charge is 0.347 e. The second-order valence-electron chi connectivity index (χ2n) is 5.50. The van der Waals surface area contributed by atoms with Crippen LogP contribution in [-0.2, 0) is 26.3 Å². The standard InChI is InChI=1S/C16H22N2/c1-3-12-5-4-6-13-14-9-11(10-17)7-8-15(14)18(2)16(12)13/h4-6,11H,3,7-10,17H2,1-2H3. The Morgan fingerprint density at radius 3 is 2.94 bits per heavy atom. The zero-order chi connectivity index (χ0) is 12.7. The Morgan fingerprint density at radius 2 is 2.22 bits per heavy atom. The Bertz CT molecular complexity index is 580. The van der Waals surface area contributed by atoms with Crippen molar-refractivity contribution in [2.75, 3.05) is 6.54 Å². The molecule has 0 amide bonds. The molecule has 0 fully saturated rings. The summed E-state index contributed by atoms with van der Waals surface area (Å²) in [6, 6.07) is 6.74. The maximum absolute atomic E-state index is 5.86. The summed E-state index contributed by atoms with van der Waals surface area (Å²) in [6.45, 7) is 3.06. The second-order valence-corrected chi connectivity index (χ2v) is 5.50. The number of nitrogens with zero attached hydrogens (tertiary/aromatic N) is 1. The van der Waals surface area contributed by atoms with Gasteiger partial charge < -0.3 is 10.3 Å². The van der Waals surface area contributed by atoms with Gasteiger partial charge in [-0.2, -0.15) is 0 Å². The topological polar surface area (TPSA) is 30.9 Å². The lowest BCUT2D eigenvalue weighted by atomic mass is 9.86. The van der Waals surface area contributed by atoms with Crippen molar-refractivity contribution in [3.63, 3.8) is 0 Å². The molecular weight excluding hydrogens is 220 g/mol. The number of rotatable bonds is 2. The Labute approximate surface area is 109 Å². The molecule has 1 atom stereocenters. The molecule has 0 bridgehead atoms. The minimum absolute atomic E-state index is 0.674. The normalized spacial score (nSPS) is 19.2. The average molecular weight is 242 g/mol. The van der Waals surface area contributed by atoms with Crippen LogP contribution in [0.25, 0.3) is 10.9 Å². The maximum Gasteiger partial charge on any atom is 0.0515 e. The van der Waals surface area contributed by atoms with Crippen molar-refractivity contribution in [2.24, 2.45) is 18.7 Å². The predicted molar refractivity (Wildman–Crippen MR) is 76.9 cm³/mol. The van der Waals surface area contributed by atoms with Gasteiger partial charge in [0.05, 0.1) is 5.52 Å². The monoisotopic (exact) mass is 242 g/mol. The van der Waals surface area contributed by atoms with E-state index in [4.69, 9.17) is 5.73 Å². The van der Waals surface area contributed by atoms with Crippen LogP contribution in [0.2, 0.25) is 0 Å². The summed E-state index contributed by atoms with van der Waals surface area (Å²) in [4.78, 5) is 0. The quantitative estimate of drug-likeness (QED) is 0.862. The van der Waals surface area contributed by atoms with Gasteiger partial charge >= 0.3 is 0 Å². The lowest BCUT2D eigenvalue weighted by Gasteiger charge is -2.21. The molecule has 0 spiro atoms. The highest BCUT2D eigenvalue weighted by Gasteiger charge is 2.24. The molecule has 2 N–H and O–H groups in total. The fourth-order valence-electron chi connectivity index (χ4n) is 3.49. The third kappa shape index (κ3) is 1.59. The minimum atomic E-state index is 0.674. The molecule has 1 aliphatic carbocycles. The summed E-state index contributed by atoms with van der Waals surface area (Å²) in [7, 11) is 2.23. The Hall–Kier alpha value is -1.28. The number of aromatic nitrogens is 1. The lowest BCUT2D eigenvalue weighted by Crippen LogP contribution is -2.22. The molecule has 96 valence electrons. The first-order valence-electron chi connectivity index (χ1n) is 7.04. The summed E-state index contributed by atoms with van der Waals surface area (Å²) in [5.74, 6) is 0.674. The van der Waals surface area contributed by atoms with E-state index in [9.17, 15) is 0 Å². The van der Waals surface area contributed by atoms with E-state index in [1.807, 2.05) is 0 Å². The van der Waals surface area contributed by atoms with Crippen LogP contribution in [0.1, 0.15) is 30.2 Å². The molecule has 2 heteroatoms. The first kappa shape index (κ1) is 11.8. The Balaban J connectivity index is 2.24. The number of fused-ring (bicyclic) bond motifs is 3. The van der Waals surface area contributed by atoms with Crippen molar-refractivity contribution in [1.82, 2.24) is 4.57 Å². The molecule has 1 aromatic heterocycles. The zero-order valence-corrected chi connectivity index (χ0v) is 11.4. The molecule has 2 nitrogen and oxygen atoms in total. The SMILES string of the molecule is CCc1cccc2c3c(n(C)c12)CCC(CN)C3.